The van der Waals surface area contributed by atoms with E-state index in [1.807, 2.05) is 17.5 Å². The van der Waals surface area contributed by atoms with Gasteiger partial charge < -0.3 is 4.98 Å². The van der Waals surface area contributed by atoms with Crippen LogP contribution in [-0.2, 0) is 0 Å². The van der Waals surface area contributed by atoms with E-state index in [2.05, 4.69) is 22.1 Å². The van der Waals surface area contributed by atoms with E-state index in [-0.39, 0.29) is 5.56 Å². The van der Waals surface area contributed by atoms with Gasteiger partial charge in [-0.2, -0.15) is 0 Å². The molecular weight excluding hydrogens is 220 g/mol. The molecule has 4 heteroatoms. The summed E-state index contributed by atoms with van der Waals surface area (Å²) in [4.78, 5) is 18.0. The molecule has 0 saturated heterocycles. The van der Waals surface area contributed by atoms with E-state index >= 15 is 0 Å². The van der Waals surface area contributed by atoms with Gasteiger partial charge in [-0.1, -0.05) is 18.2 Å². The van der Waals surface area contributed by atoms with Crippen LogP contribution < -0.4 is 5.56 Å². The molecule has 0 fully saturated rings. The first-order chi connectivity index (χ1) is 7.84. The highest BCUT2D eigenvalue weighted by atomic mass is 32.1. The summed E-state index contributed by atoms with van der Waals surface area (Å²) in [5.74, 6) is 0. The van der Waals surface area contributed by atoms with Crippen LogP contribution in [0, 0.1) is 0 Å². The molecule has 0 radical (unpaired) electrons. The maximum Gasteiger partial charge on any atom is 0.251 e. The third-order valence-electron chi connectivity index (χ3n) is 2.43. The van der Waals surface area contributed by atoms with Gasteiger partial charge in [0, 0.05) is 16.3 Å². The smallest absolute Gasteiger partial charge is 0.251 e. The molecular formula is C12H8N2OS. The van der Waals surface area contributed by atoms with Gasteiger partial charge in [0.1, 0.15) is 0 Å². The third-order valence-corrected chi connectivity index (χ3v) is 3.40. The lowest BCUT2D eigenvalue weighted by molar-refractivity contribution is 1.12. The predicted octanol–water partition coefficient (Wildman–Crippen LogP) is 2.65. The molecule has 0 aliphatic heterocycles. The summed E-state index contributed by atoms with van der Waals surface area (Å²) in [7, 11) is 0. The van der Waals surface area contributed by atoms with Crippen molar-refractivity contribution < 1.29 is 0 Å². The molecule has 0 bridgehead atoms. The maximum atomic E-state index is 11.2. The Morgan fingerprint density at radius 1 is 1.25 bits per heavy atom. The second-order valence-electron chi connectivity index (χ2n) is 3.44. The van der Waals surface area contributed by atoms with Gasteiger partial charge >= 0.3 is 0 Å². The molecule has 78 valence electrons. The molecule has 2 heterocycles. The summed E-state index contributed by atoms with van der Waals surface area (Å²) < 4.78 is 1.17. The van der Waals surface area contributed by atoms with Crippen LogP contribution in [0.1, 0.15) is 0 Å². The number of thiophene rings is 1. The minimum Gasteiger partial charge on any atom is -0.313 e. The van der Waals surface area contributed by atoms with Crippen molar-refractivity contribution in [3.8, 4) is 11.3 Å². The van der Waals surface area contributed by atoms with Crippen molar-refractivity contribution in [1.29, 1.82) is 0 Å². The lowest BCUT2D eigenvalue weighted by Crippen LogP contribution is -2.04. The molecule has 0 aliphatic rings. The zero-order chi connectivity index (χ0) is 11.0. The SMILES string of the molecule is O=c1cc(-c2cccc3ccsc23)nc[nH]1. The Morgan fingerprint density at radius 2 is 2.19 bits per heavy atom. The molecule has 2 aromatic heterocycles. The average Bonchev–Trinajstić information content (AvgIpc) is 2.76. The Hall–Kier alpha value is -1.94. The van der Waals surface area contributed by atoms with Crippen molar-refractivity contribution >= 4 is 21.4 Å². The van der Waals surface area contributed by atoms with Crippen molar-refractivity contribution in [2.24, 2.45) is 0 Å². The number of benzene rings is 1. The number of aromatic amines is 1. The zero-order valence-electron chi connectivity index (χ0n) is 8.31. The quantitative estimate of drug-likeness (QED) is 0.696. The third kappa shape index (κ3) is 1.44. The fourth-order valence-electron chi connectivity index (χ4n) is 1.71. The van der Waals surface area contributed by atoms with Crippen LogP contribution in [0.25, 0.3) is 21.3 Å². The molecule has 0 amide bonds. The van der Waals surface area contributed by atoms with E-state index in [4.69, 9.17) is 0 Å². The highest BCUT2D eigenvalue weighted by molar-refractivity contribution is 7.17. The first-order valence-corrected chi connectivity index (χ1v) is 5.74. The first-order valence-electron chi connectivity index (χ1n) is 4.86. The molecule has 1 N–H and O–H groups in total. The average molecular weight is 228 g/mol. The molecule has 0 atom stereocenters. The summed E-state index contributed by atoms with van der Waals surface area (Å²) in [6, 6.07) is 9.61. The Kier molecular flexibility index (Phi) is 2.08. The standard InChI is InChI=1S/C12H8N2OS/c15-11-6-10(13-7-14-11)9-3-1-2-8-4-5-16-12(8)9/h1-7H,(H,13,14,15). The molecule has 0 unspecified atom stereocenters. The van der Waals surface area contributed by atoms with E-state index in [0.29, 0.717) is 0 Å². The highest BCUT2D eigenvalue weighted by Crippen LogP contribution is 2.30. The van der Waals surface area contributed by atoms with Crippen molar-refractivity contribution in [1.82, 2.24) is 9.97 Å². The van der Waals surface area contributed by atoms with Crippen LogP contribution >= 0.6 is 11.3 Å². The molecule has 0 spiro atoms. The Bertz CT molecular complexity index is 699. The Labute approximate surface area is 95.4 Å². The van der Waals surface area contributed by atoms with Gasteiger partial charge in [0.15, 0.2) is 0 Å². The van der Waals surface area contributed by atoms with Crippen molar-refractivity contribution in [2.75, 3.05) is 0 Å². The number of hydrogen-bond acceptors (Lipinski definition) is 3. The molecule has 0 aliphatic carbocycles. The van der Waals surface area contributed by atoms with Crippen LogP contribution in [0.3, 0.4) is 0 Å². The highest BCUT2D eigenvalue weighted by Gasteiger charge is 2.05. The van der Waals surface area contributed by atoms with Gasteiger partial charge in [-0.25, -0.2) is 4.98 Å². The van der Waals surface area contributed by atoms with Crippen molar-refractivity contribution in [2.45, 2.75) is 0 Å². The van der Waals surface area contributed by atoms with E-state index < -0.39 is 0 Å². The fraction of sp³-hybridized carbons (Fsp3) is 0. The summed E-state index contributed by atoms with van der Waals surface area (Å²) in [6.07, 6.45) is 1.43. The first kappa shape index (κ1) is 9.30. The van der Waals surface area contributed by atoms with Crippen LogP contribution in [0.4, 0.5) is 0 Å². The van der Waals surface area contributed by atoms with Crippen LogP contribution in [0.15, 0.2) is 46.8 Å². The lowest BCUT2D eigenvalue weighted by Gasteiger charge is -2.00. The molecule has 3 rings (SSSR count). The summed E-state index contributed by atoms with van der Waals surface area (Å²) in [5.41, 5.74) is 1.61. The molecule has 16 heavy (non-hydrogen) atoms. The van der Waals surface area contributed by atoms with E-state index in [1.54, 1.807) is 11.3 Å². The Morgan fingerprint density at radius 3 is 3.06 bits per heavy atom. The second-order valence-corrected chi connectivity index (χ2v) is 4.36. The summed E-state index contributed by atoms with van der Waals surface area (Å²) in [6.45, 7) is 0. The molecule has 3 aromatic rings. The Balaban J connectivity index is 2.33. The fourth-order valence-corrected chi connectivity index (χ4v) is 2.63. The number of nitrogens with one attached hydrogen (secondary N) is 1. The van der Waals surface area contributed by atoms with Gasteiger partial charge in [0.25, 0.3) is 5.56 Å². The van der Waals surface area contributed by atoms with Crippen LogP contribution in [0.2, 0.25) is 0 Å². The summed E-state index contributed by atoms with van der Waals surface area (Å²) >= 11 is 1.66. The van der Waals surface area contributed by atoms with Crippen molar-refractivity contribution in [3.63, 3.8) is 0 Å². The topological polar surface area (TPSA) is 45.8 Å². The zero-order valence-corrected chi connectivity index (χ0v) is 9.12. The number of hydrogen-bond donors (Lipinski definition) is 1. The normalized spacial score (nSPS) is 10.8. The summed E-state index contributed by atoms with van der Waals surface area (Å²) in [5, 5.41) is 3.23. The van der Waals surface area contributed by atoms with Gasteiger partial charge in [-0.3, -0.25) is 4.79 Å². The largest absolute Gasteiger partial charge is 0.313 e. The predicted molar refractivity (Wildman–Crippen MR) is 65.7 cm³/mol. The van der Waals surface area contributed by atoms with Crippen LogP contribution in [0.5, 0.6) is 0 Å². The lowest BCUT2D eigenvalue weighted by atomic mass is 10.1. The molecule has 0 saturated carbocycles. The maximum absolute atomic E-state index is 11.2. The van der Waals surface area contributed by atoms with Crippen molar-refractivity contribution in [3.05, 3.63) is 52.4 Å². The molecule has 1 aromatic carbocycles. The van der Waals surface area contributed by atoms with Gasteiger partial charge in [0.05, 0.1) is 12.0 Å². The molecule has 3 nitrogen and oxygen atoms in total. The van der Waals surface area contributed by atoms with Gasteiger partial charge in [-0.05, 0) is 16.8 Å². The monoisotopic (exact) mass is 228 g/mol. The van der Waals surface area contributed by atoms with E-state index in [9.17, 15) is 4.79 Å². The van der Waals surface area contributed by atoms with Gasteiger partial charge in [-0.15, -0.1) is 11.3 Å². The minimum atomic E-state index is -0.126. The number of aromatic nitrogens is 2. The van der Waals surface area contributed by atoms with E-state index in [1.165, 1.54) is 22.5 Å². The second kappa shape index (κ2) is 3.57. The number of rotatable bonds is 1. The number of fused-ring (bicyclic) bond motifs is 1. The minimum absolute atomic E-state index is 0.126. The number of H-pyrrole nitrogens is 1. The van der Waals surface area contributed by atoms with Crippen LogP contribution in [-0.4, -0.2) is 9.97 Å². The number of nitrogens with zero attached hydrogens (tertiary/aromatic N) is 1. The van der Waals surface area contributed by atoms with E-state index in [0.717, 1.165) is 11.3 Å². The van der Waals surface area contributed by atoms with Gasteiger partial charge in [0.2, 0.25) is 0 Å².